The molecule has 1 aromatic rings. The van der Waals surface area contributed by atoms with Crippen molar-refractivity contribution in [2.24, 2.45) is 4.99 Å². The molecule has 0 fully saturated rings. The molecule has 4 heteroatoms. The molecule has 1 aromatic heterocycles. The first-order valence-corrected chi connectivity index (χ1v) is 4.27. The van der Waals surface area contributed by atoms with Gasteiger partial charge in [0.05, 0.1) is 6.20 Å². The SMILES string of the molecule is CC[N+]1(CC)C=Nc2cncn21. The van der Waals surface area contributed by atoms with Crippen LogP contribution in [0.3, 0.4) is 0 Å². The van der Waals surface area contributed by atoms with Crippen LogP contribution < -0.4 is 4.59 Å². The summed E-state index contributed by atoms with van der Waals surface area (Å²) in [4.78, 5) is 8.37. The number of imidazole rings is 1. The van der Waals surface area contributed by atoms with Crippen molar-refractivity contribution in [3.63, 3.8) is 0 Å². The number of nitrogens with zero attached hydrogens (tertiary/aromatic N) is 4. The highest BCUT2D eigenvalue weighted by Crippen LogP contribution is 2.21. The van der Waals surface area contributed by atoms with Crippen LogP contribution in [0.25, 0.3) is 0 Å². The standard InChI is InChI=1S/C8H13N4/c1-3-12(4-2)7-10-8-5-9-6-11(8)12/h5-7H,3-4H2,1-2H3/q+1. The zero-order valence-electron chi connectivity index (χ0n) is 7.44. The predicted molar refractivity (Wildman–Crippen MR) is 49.0 cm³/mol. The first kappa shape index (κ1) is 7.49. The van der Waals surface area contributed by atoms with E-state index in [1.54, 1.807) is 6.20 Å². The van der Waals surface area contributed by atoms with Gasteiger partial charge in [-0.2, -0.15) is 14.3 Å². The van der Waals surface area contributed by atoms with Crippen LogP contribution in [-0.2, 0) is 0 Å². The van der Waals surface area contributed by atoms with Crippen LogP contribution in [0.15, 0.2) is 17.5 Å². The van der Waals surface area contributed by atoms with Crippen LogP contribution in [0.5, 0.6) is 0 Å². The highest BCUT2D eigenvalue weighted by molar-refractivity contribution is 5.70. The molecule has 0 saturated carbocycles. The average molecular weight is 165 g/mol. The third kappa shape index (κ3) is 0.754. The van der Waals surface area contributed by atoms with Gasteiger partial charge in [-0.05, 0) is 13.8 Å². The van der Waals surface area contributed by atoms with Gasteiger partial charge in [-0.1, -0.05) is 0 Å². The van der Waals surface area contributed by atoms with E-state index in [4.69, 9.17) is 0 Å². The molecule has 0 aliphatic carbocycles. The van der Waals surface area contributed by atoms with Crippen molar-refractivity contribution in [1.29, 1.82) is 0 Å². The zero-order chi connectivity index (χ0) is 8.60. The molecular weight excluding hydrogens is 152 g/mol. The largest absolute Gasteiger partial charge is 0.237 e. The summed E-state index contributed by atoms with van der Waals surface area (Å²) >= 11 is 0. The molecule has 0 spiro atoms. The van der Waals surface area contributed by atoms with E-state index in [-0.39, 0.29) is 0 Å². The molecular formula is C8H13N4+. The Hall–Kier alpha value is -1.16. The second-order valence-electron chi connectivity index (χ2n) is 2.96. The minimum atomic E-state index is 0.773. The minimum absolute atomic E-state index is 0.773. The summed E-state index contributed by atoms with van der Waals surface area (Å²) in [7, 11) is 0. The first-order chi connectivity index (χ1) is 5.82. The van der Waals surface area contributed by atoms with Crippen molar-refractivity contribution >= 4 is 12.2 Å². The summed E-state index contributed by atoms with van der Waals surface area (Å²) in [5.74, 6) is 0.957. The topological polar surface area (TPSA) is 30.2 Å². The molecule has 12 heavy (non-hydrogen) atoms. The average Bonchev–Trinajstić information content (AvgIpc) is 2.64. The van der Waals surface area contributed by atoms with Crippen LogP contribution >= 0.6 is 0 Å². The number of hydrogen-bond donors (Lipinski definition) is 0. The molecule has 2 rings (SSSR count). The predicted octanol–water partition coefficient (Wildman–Crippen LogP) is 1.04. The number of aliphatic imine (C=N–C) groups is 1. The normalized spacial score (nSPS) is 18.2. The molecule has 0 amide bonds. The third-order valence-electron chi connectivity index (χ3n) is 2.53. The van der Waals surface area contributed by atoms with Crippen LogP contribution in [0.4, 0.5) is 5.82 Å². The van der Waals surface area contributed by atoms with Crippen LogP contribution in [-0.4, -0.2) is 29.1 Å². The van der Waals surface area contributed by atoms with E-state index in [9.17, 15) is 0 Å². The number of aromatic nitrogens is 2. The van der Waals surface area contributed by atoms with Gasteiger partial charge in [-0.25, -0.2) is 4.98 Å². The first-order valence-electron chi connectivity index (χ1n) is 4.27. The molecule has 1 aliphatic heterocycles. The van der Waals surface area contributed by atoms with Gasteiger partial charge in [0.15, 0.2) is 0 Å². The fourth-order valence-corrected chi connectivity index (χ4v) is 1.59. The summed E-state index contributed by atoms with van der Waals surface area (Å²) in [5.41, 5.74) is 0. The molecule has 0 aromatic carbocycles. The van der Waals surface area contributed by atoms with Crippen molar-refractivity contribution in [2.45, 2.75) is 13.8 Å². The van der Waals surface area contributed by atoms with Crippen LogP contribution in [0.1, 0.15) is 13.8 Å². The summed E-state index contributed by atoms with van der Waals surface area (Å²) in [6, 6.07) is 0. The Labute approximate surface area is 71.7 Å². The van der Waals surface area contributed by atoms with E-state index in [0.717, 1.165) is 23.5 Å². The number of quaternary nitrogens is 1. The molecule has 0 unspecified atom stereocenters. The van der Waals surface area contributed by atoms with Crippen molar-refractivity contribution in [2.75, 3.05) is 13.1 Å². The van der Waals surface area contributed by atoms with Gasteiger partial charge in [-0.3, -0.25) is 0 Å². The Kier molecular flexibility index (Phi) is 1.51. The van der Waals surface area contributed by atoms with Crippen molar-refractivity contribution in [3.05, 3.63) is 12.5 Å². The Bertz CT molecular complexity index is 309. The third-order valence-corrected chi connectivity index (χ3v) is 2.53. The lowest BCUT2D eigenvalue weighted by atomic mass is 10.5. The highest BCUT2D eigenvalue weighted by Gasteiger charge is 2.31. The number of rotatable bonds is 2. The number of hydrogen-bond acceptors (Lipinski definition) is 2. The van der Waals surface area contributed by atoms with E-state index in [1.807, 2.05) is 12.7 Å². The molecule has 1 aliphatic rings. The molecule has 0 radical (unpaired) electrons. The number of fused-ring (bicyclic) bond motifs is 1. The van der Waals surface area contributed by atoms with Gasteiger partial charge in [0, 0.05) is 0 Å². The second kappa shape index (κ2) is 2.42. The molecule has 0 saturated heterocycles. The van der Waals surface area contributed by atoms with Gasteiger partial charge in [0.1, 0.15) is 19.4 Å². The lowest BCUT2D eigenvalue weighted by Crippen LogP contribution is -2.54. The van der Waals surface area contributed by atoms with Gasteiger partial charge < -0.3 is 0 Å². The summed E-state index contributed by atoms with van der Waals surface area (Å²) in [6.07, 6.45) is 5.62. The maximum atomic E-state index is 4.30. The molecule has 64 valence electrons. The van der Waals surface area contributed by atoms with Gasteiger partial charge in [-0.15, -0.1) is 0 Å². The maximum Gasteiger partial charge on any atom is 0.217 e. The molecule has 0 atom stereocenters. The highest BCUT2D eigenvalue weighted by atomic mass is 15.7. The molecule has 0 N–H and O–H groups in total. The quantitative estimate of drug-likeness (QED) is 0.602. The zero-order valence-corrected chi connectivity index (χ0v) is 7.44. The Morgan fingerprint density at radius 2 is 2.17 bits per heavy atom. The summed E-state index contributed by atoms with van der Waals surface area (Å²) in [5, 5.41) is 0. The maximum absolute atomic E-state index is 4.30. The van der Waals surface area contributed by atoms with E-state index >= 15 is 0 Å². The molecule has 2 heterocycles. The summed E-state index contributed by atoms with van der Waals surface area (Å²) in [6.45, 7) is 6.35. The van der Waals surface area contributed by atoms with E-state index < -0.39 is 0 Å². The minimum Gasteiger partial charge on any atom is -0.237 e. The smallest absolute Gasteiger partial charge is 0.217 e. The van der Waals surface area contributed by atoms with E-state index in [0.29, 0.717) is 0 Å². The Morgan fingerprint density at radius 3 is 2.83 bits per heavy atom. The van der Waals surface area contributed by atoms with Gasteiger partial charge >= 0.3 is 0 Å². The van der Waals surface area contributed by atoms with Gasteiger partial charge in [0.25, 0.3) is 0 Å². The van der Waals surface area contributed by atoms with E-state index in [2.05, 4.69) is 28.5 Å². The van der Waals surface area contributed by atoms with Crippen molar-refractivity contribution in [3.8, 4) is 0 Å². The van der Waals surface area contributed by atoms with Gasteiger partial charge in [0.2, 0.25) is 12.2 Å². The van der Waals surface area contributed by atoms with E-state index in [1.165, 1.54) is 0 Å². The lowest BCUT2D eigenvalue weighted by Gasteiger charge is -2.27. The monoisotopic (exact) mass is 165 g/mol. The Balaban J connectivity index is 2.50. The fraction of sp³-hybridized carbons (Fsp3) is 0.500. The fourth-order valence-electron chi connectivity index (χ4n) is 1.59. The Morgan fingerprint density at radius 1 is 1.42 bits per heavy atom. The van der Waals surface area contributed by atoms with Crippen LogP contribution in [0.2, 0.25) is 0 Å². The molecule has 0 bridgehead atoms. The molecule has 4 nitrogen and oxygen atoms in total. The van der Waals surface area contributed by atoms with Crippen LogP contribution in [0, 0.1) is 0 Å². The lowest BCUT2D eigenvalue weighted by molar-refractivity contribution is 0.275. The second-order valence-corrected chi connectivity index (χ2v) is 2.96. The summed E-state index contributed by atoms with van der Waals surface area (Å²) < 4.78 is 2.87. The van der Waals surface area contributed by atoms with Crippen molar-refractivity contribution < 1.29 is 0 Å². The van der Waals surface area contributed by atoms with Crippen molar-refractivity contribution in [1.82, 2.24) is 14.3 Å².